The zero-order valence-electron chi connectivity index (χ0n) is 44.5. The zero-order valence-corrected chi connectivity index (χ0v) is 46.5. The van der Waals surface area contributed by atoms with E-state index in [9.17, 15) is 4.79 Å². The first-order valence-electron chi connectivity index (χ1n) is 26.0. The van der Waals surface area contributed by atoms with Crippen molar-refractivity contribution in [1.29, 1.82) is 0 Å². The summed E-state index contributed by atoms with van der Waals surface area (Å²) in [6, 6.07) is 13.9. The van der Waals surface area contributed by atoms with Gasteiger partial charge in [0.25, 0.3) is 8.32 Å². The van der Waals surface area contributed by atoms with E-state index < -0.39 is 39.8 Å². The molecule has 0 spiro atoms. The number of ether oxygens (including phenoxy) is 2. The summed E-state index contributed by atoms with van der Waals surface area (Å²) < 4.78 is 51.8. The second-order valence-corrected chi connectivity index (χ2v) is 34.2. The molecule has 13 heteroatoms. The molecule has 0 saturated carbocycles. The number of rotatable bonds is 13. The van der Waals surface area contributed by atoms with E-state index in [1.54, 1.807) is 11.1 Å². The number of nitrogens with zero attached hydrogens (tertiary/aromatic N) is 5. The second kappa shape index (κ2) is 20.5. The van der Waals surface area contributed by atoms with Crippen molar-refractivity contribution in [2.24, 2.45) is 0 Å². The maximum absolute atomic E-state index is 16.8. The lowest BCUT2D eigenvalue weighted by Gasteiger charge is -2.42. The van der Waals surface area contributed by atoms with Crippen molar-refractivity contribution >= 4 is 50.0 Å². The van der Waals surface area contributed by atoms with Crippen molar-refractivity contribution in [1.82, 2.24) is 19.9 Å². The fourth-order valence-electron chi connectivity index (χ4n) is 12.8. The quantitative estimate of drug-likeness (QED) is 0.0968. The average molecular weight is 982 g/mol. The van der Waals surface area contributed by atoms with Gasteiger partial charge in [-0.15, -0.1) is 5.54 Å². The number of benzene rings is 3. The minimum Gasteiger partial charge on any atom is -0.543 e. The summed E-state index contributed by atoms with van der Waals surface area (Å²) in [6.07, 6.45) is 3.46. The molecule has 376 valence electrons. The third kappa shape index (κ3) is 10.3. The van der Waals surface area contributed by atoms with Crippen molar-refractivity contribution in [3.63, 3.8) is 0 Å². The molecule has 0 unspecified atom stereocenters. The lowest BCUT2D eigenvalue weighted by Crippen LogP contribution is -2.50. The molecule has 3 saturated heterocycles. The third-order valence-electron chi connectivity index (χ3n) is 15.9. The monoisotopic (exact) mass is 982 g/mol. The highest BCUT2D eigenvalue weighted by molar-refractivity contribution is 6.90. The summed E-state index contributed by atoms with van der Waals surface area (Å²) in [5, 5.41) is 5.91. The highest BCUT2D eigenvalue weighted by Gasteiger charge is 2.50. The van der Waals surface area contributed by atoms with Crippen LogP contribution in [0, 0.1) is 17.3 Å². The van der Waals surface area contributed by atoms with Crippen molar-refractivity contribution < 1.29 is 27.5 Å². The predicted molar refractivity (Wildman–Crippen MR) is 285 cm³/mol. The molecule has 9 nitrogen and oxygen atoms in total. The lowest BCUT2D eigenvalue weighted by molar-refractivity contribution is 0.0232. The van der Waals surface area contributed by atoms with Crippen LogP contribution in [0.5, 0.6) is 11.8 Å². The van der Waals surface area contributed by atoms with Crippen molar-refractivity contribution in [2.75, 3.05) is 37.8 Å². The van der Waals surface area contributed by atoms with Gasteiger partial charge in [-0.25, -0.2) is 18.6 Å². The van der Waals surface area contributed by atoms with Crippen molar-refractivity contribution in [2.45, 2.75) is 193 Å². The Morgan fingerprint density at radius 3 is 2.13 bits per heavy atom. The minimum atomic E-state index is -2.44. The number of carbonyl (C=O) groups is 1. The van der Waals surface area contributed by atoms with Gasteiger partial charge in [-0.05, 0) is 140 Å². The summed E-state index contributed by atoms with van der Waals surface area (Å²) in [5.74, 6) is 4.48. The van der Waals surface area contributed by atoms with E-state index in [-0.39, 0.29) is 18.4 Å². The first kappa shape index (κ1) is 52.6. The van der Waals surface area contributed by atoms with Gasteiger partial charge >= 0.3 is 12.1 Å². The van der Waals surface area contributed by atoms with Crippen LogP contribution in [0.4, 0.5) is 19.4 Å². The number of hydrogen-bond donors (Lipinski definition) is 0. The van der Waals surface area contributed by atoms with E-state index in [0.717, 1.165) is 71.7 Å². The SMILES string of the molecule is CC(C)[Si](C#Cc1c(F)ccc2cc(O[Si](C(C)C)(C(C)C)C(C)C)cc(-c3ccc4c(N5CCCCCN5C(=O)OC(C)(C)C)nc(OC[C@@]56CCCN5C[C@H](F)C6)nc4c3)c12)(C(C)C)C(C)C. The number of alkyl halides is 1. The maximum Gasteiger partial charge on any atom is 0.429 e. The molecule has 2 atom stereocenters. The highest BCUT2D eigenvalue weighted by atomic mass is 28.4. The number of hydrogen-bond acceptors (Lipinski definition) is 8. The molecule has 3 aliphatic heterocycles. The molecule has 0 bridgehead atoms. The van der Waals surface area contributed by atoms with Crippen LogP contribution < -0.4 is 14.2 Å². The molecule has 3 aliphatic rings. The zero-order chi connectivity index (χ0) is 50.4. The fraction of sp³-hybridized carbons (Fsp3) is 0.625. The Bertz CT molecular complexity index is 2520. The summed E-state index contributed by atoms with van der Waals surface area (Å²) in [6.45, 7) is 35.5. The lowest BCUT2D eigenvalue weighted by atomic mass is 9.93. The van der Waals surface area contributed by atoms with E-state index in [2.05, 4.69) is 118 Å². The number of hydrazine groups is 1. The summed E-state index contributed by atoms with van der Waals surface area (Å²) in [7, 11) is -4.71. The molecule has 7 rings (SSSR count). The van der Waals surface area contributed by atoms with Gasteiger partial charge in [-0.1, -0.05) is 101 Å². The van der Waals surface area contributed by atoms with Gasteiger partial charge in [0.1, 0.15) is 38.0 Å². The topological polar surface area (TPSA) is 80.3 Å². The average Bonchev–Trinajstić information content (AvgIpc) is 3.67. The van der Waals surface area contributed by atoms with Crippen LogP contribution in [0.1, 0.15) is 148 Å². The van der Waals surface area contributed by atoms with E-state index in [1.165, 1.54) is 0 Å². The van der Waals surface area contributed by atoms with Crippen molar-refractivity contribution in [3.8, 4) is 34.4 Å². The number of amides is 1. The molecule has 0 aliphatic carbocycles. The Hall–Kier alpha value is -4.26. The van der Waals surface area contributed by atoms with Crippen LogP contribution in [-0.4, -0.2) is 92.5 Å². The number of fused-ring (bicyclic) bond motifs is 3. The van der Waals surface area contributed by atoms with Crippen molar-refractivity contribution in [3.05, 3.63) is 53.8 Å². The maximum atomic E-state index is 16.8. The van der Waals surface area contributed by atoms with Crippen LogP contribution in [0.2, 0.25) is 33.2 Å². The van der Waals surface area contributed by atoms with Crippen LogP contribution in [0.25, 0.3) is 32.8 Å². The molecule has 0 N–H and O–H groups in total. The van der Waals surface area contributed by atoms with Crippen LogP contribution in [0.3, 0.4) is 0 Å². The Morgan fingerprint density at radius 2 is 1.49 bits per heavy atom. The predicted octanol–water partition coefficient (Wildman–Crippen LogP) is 14.8. The second-order valence-electron chi connectivity index (χ2n) is 23.3. The fourth-order valence-corrected chi connectivity index (χ4v) is 23.3. The van der Waals surface area contributed by atoms with E-state index >= 15 is 8.78 Å². The van der Waals surface area contributed by atoms with E-state index in [1.807, 2.05) is 44.0 Å². The summed E-state index contributed by atoms with van der Waals surface area (Å²) >= 11 is 0. The number of carbonyl (C=O) groups excluding carboxylic acids is 1. The normalized spacial score (nSPS) is 19.7. The van der Waals surface area contributed by atoms with Gasteiger partial charge in [0, 0.05) is 36.8 Å². The molecule has 3 fully saturated rings. The van der Waals surface area contributed by atoms with Gasteiger partial charge in [0.2, 0.25) is 0 Å². The smallest absolute Gasteiger partial charge is 0.429 e. The van der Waals surface area contributed by atoms with Crippen LogP contribution >= 0.6 is 0 Å². The van der Waals surface area contributed by atoms with Gasteiger partial charge < -0.3 is 13.9 Å². The summed E-state index contributed by atoms with van der Waals surface area (Å²) in [5.41, 5.74) is 7.40. The van der Waals surface area contributed by atoms with Crippen LogP contribution in [0.15, 0.2) is 42.5 Å². The number of aromatic nitrogens is 2. The van der Waals surface area contributed by atoms with Gasteiger partial charge in [-0.3, -0.25) is 9.91 Å². The number of halogens is 2. The number of anilines is 1. The largest absolute Gasteiger partial charge is 0.543 e. The molecule has 1 amide bonds. The molecular weight excluding hydrogens is 901 g/mol. The Labute approximate surface area is 414 Å². The first-order valence-corrected chi connectivity index (χ1v) is 30.4. The Balaban J connectivity index is 1.49. The van der Waals surface area contributed by atoms with Crippen LogP contribution in [-0.2, 0) is 4.74 Å². The molecule has 1 aromatic heterocycles. The van der Waals surface area contributed by atoms with Gasteiger partial charge in [0.05, 0.1) is 16.6 Å². The van der Waals surface area contributed by atoms with E-state index in [4.69, 9.17) is 23.9 Å². The highest BCUT2D eigenvalue weighted by Crippen LogP contribution is 2.47. The first-order chi connectivity index (χ1) is 32.4. The molecule has 0 radical (unpaired) electrons. The molecule has 4 heterocycles. The standard InChI is InChI=1S/C56H81F2N5O4Si2/c1-36(2)68(37(3)4,38(5)6)29-24-46-49(58)23-21-43-30-45(67-69(39(7)8,40(9)10)41(11)12)32-48(51(43)46)42-20-22-47-50(31-42)59-53(65-35-56-25-19-26-61(56)34-44(57)33-56)60-52(47)62-27-17-16-18-28-63(62)54(64)66-55(13,14)15/h20-23,30-32,36-41,44H,16-19,25-28,33-35H2,1-15H3/t44-,56+/m1/s1. The van der Waals surface area contributed by atoms with Gasteiger partial charge in [-0.2, -0.15) is 9.97 Å². The molecule has 3 aromatic carbocycles. The molecule has 69 heavy (non-hydrogen) atoms. The third-order valence-corrected chi connectivity index (χ3v) is 28.2. The minimum absolute atomic E-state index is 0.157. The summed E-state index contributed by atoms with van der Waals surface area (Å²) in [4.78, 5) is 26.5. The molecular formula is C56H81F2N5O4Si2. The Kier molecular flexibility index (Phi) is 15.6. The Morgan fingerprint density at radius 1 is 0.826 bits per heavy atom. The van der Waals surface area contributed by atoms with Gasteiger partial charge in [0.15, 0.2) is 5.82 Å². The van der Waals surface area contributed by atoms with E-state index in [0.29, 0.717) is 76.2 Å². The molecule has 4 aromatic rings.